The van der Waals surface area contributed by atoms with Gasteiger partial charge < -0.3 is 5.32 Å². The molecule has 0 radical (unpaired) electrons. The Bertz CT molecular complexity index is 498. The largest absolute Gasteiger partial charge is 0.309 e. The summed E-state index contributed by atoms with van der Waals surface area (Å²) < 4.78 is 0. The Labute approximate surface area is 113 Å². The van der Waals surface area contributed by atoms with Crippen molar-refractivity contribution in [2.24, 2.45) is 0 Å². The van der Waals surface area contributed by atoms with E-state index in [1.54, 1.807) is 5.56 Å². The topological polar surface area (TPSA) is 12.0 Å². The summed E-state index contributed by atoms with van der Waals surface area (Å²) in [4.78, 5) is 1.44. The molecule has 1 aromatic carbocycles. The van der Waals surface area contributed by atoms with E-state index in [2.05, 4.69) is 54.0 Å². The number of nitrogens with one attached hydrogen (secondary N) is 1. The van der Waals surface area contributed by atoms with E-state index < -0.39 is 0 Å². The Morgan fingerprint density at radius 3 is 2.72 bits per heavy atom. The molecule has 2 aromatic rings. The number of thiophene rings is 1. The van der Waals surface area contributed by atoms with E-state index in [-0.39, 0.29) is 0 Å². The summed E-state index contributed by atoms with van der Waals surface area (Å²) in [7, 11) is 0. The molecule has 0 spiro atoms. The molecule has 1 aliphatic carbocycles. The molecule has 0 saturated heterocycles. The number of hydrogen-bond donors (Lipinski definition) is 1. The zero-order valence-electron chi connectivity index (χ0n) is 10.7. The van der Waals surface area contributed by atoms with E-state index >= 15 is 0 Å². The minimum Gasteiger partial charge on any atom is -0.309 e. The molecule has 1 heterocycles. The summed E-state index contributed by atoms with van der Waals surface area (Å²) in [6.45, 7) is 3.25. The van der Waals surface area contributed by atoms with Crippen molar-refractivity contribution < 1.29 is 0 Å². The standard InChI is InChI=1S/C16H19NS/c1-12-5-2-3-7-16(12)13-9-14(10-13)17-11-15-6-4-8-18-15/h2-8,13-14,17H,9-11H2,1H3. The third-order valence-corrected chi connectivity index (χ3v) is 4.79. The fourth-order valence-electron chi connectivity index (χ4n) is 2.74. The van der Waals surface area contributed by atoms with E-state index in [9.17, 15) is 0 Å². The maximum Gasteiger partial charge on any atom is 0.0302 e. The van der Waals surface area contributed by atoms with E-state index in [4.69, 9.17) is 0 Å². The molecule has 1 aliphatic rings. The summed E-state index contributed by atoms with van der Waals surface area (Å²) in [5.74, 6) is 0.770. The van der Waals surface area contributed by atoms with Crippen LogP contribution in [0, 0.1) is 6.92 Å². The van der Waals surface area contributed by atoms with Crippen LogP contribution < -0.4 is 5.32 Å². The first kappa shape index (κ1) is 11.9. The Morgan fingerprint density at radius 2 is 2.00 bits per heavy atom. The van der Waals surface area contributed by atoms with Gasteiger partial charge in [0.1, 0.15) is 0 Å². The van der Waals surface area contributed by atoms with Crippen LogP contribution in [0.3, 0.4) is 0 Å². The van der Waals surface area contributed by atoms with E-state index in [1.807, 2.05) is 11.3 Å². The van der Waals surface area contributed by atoms with E-state index in [0.717, 1.165) is 12.5 Å². The van der Waals surface area contributed by atoms with Crippen molar-refractivity contribution in [2.45, 2.75) is 38.3 Å². The summed E-state index contributed by atoms with van der Waals surface area (Å²) >= 11 is 1.84. The lowest BCUT2D eigenvalue weighted by Gasteiger charge is -2.37. The highest BCUT2D eigenvalue weighted by atomic mass is 32.1. The van der Waals surface area contributed by atoms with Gasteiger partial charge in [-0.05, 0) is 48.3 Å². The van der Waals surface area contributed by atoms with Crippen molar-refractivity contribution in [1.82, 2.24) is 5.32 Å². The van der Waals surface area contributed by atoms with Crippen molar-refractivity contribution in [3.8, 4) is 0 Å². The second kappa shape index (κ2) is 5.25. The van der Waals surface area contributed by atoms with Crippen LogP contribution >= 0.6 is 11.3 Å². The first-order valence-electron chi connectivity index (χ1n) is 6.64. The zero-order chi connectivity index (χ0) is 12.4. The second-order valence-corrected chi connectivity index (χ2v) is 6.21. The zero-order valence-corrected chi connectivity index (χ0v) is 11.5. The first-order valence-corrected chi connectivity index (χ1v) is 7.52. The molecule has 0 aliphatic heterocycles. The first-order chi connectivity index (χ1) is 8.83. The summed E-state index contributed by atoms with van der Waals surface area (Å²) in [6, 6.07) is 13.8. The molecule has 2 heteroatoms. The molecule has 1 nitrogen and oxygen atoms in total. The van der Waals surface area contributed by atoms with Gasteiger partial charge >= 0.3 is 0 Å². The number of rotatable bonds is 4. The fourth-order valence-corrected chi connectivity index (χ4v) is 3.40. The van der Waals surface area contributed by atoms with Gasteiger partial charge in [0, 0.05) is 17.5 Å². The van der Waals surface area contributed by atoms with Crippen LogP contribution in [0.15, 0.2) is 41.8 Å². The van der Waals surface area contributed by atoms with Gasteiger partial charge in [-0.15, -0.1) is 11.3 Å². The predicted molar refractivity (Wildman–Crippen MR) is 78.1 cm³/mol. The van der Waals surface area contributed by atoms with Crippen molar-refractivity contribution in [3.63, 3.8) is 0 Å². The molecule has 0 amide bonds. The summed E-state index contributed by atoms with van der Waals surface area (Å²) in [5, 5.41) is 5.80. The van der Waals surface area contributed by atoms with Gasteiger partial charge in [0.15, 0.2) is 0 Å². The normalized spacial score (nSPS) is 22.7. The van der Waals surface area contributed by atoms with Gasteiger partial charge in [-0.25, -0.2) is 0 Å². The van der Waals surface area contributed by atoms with Crippen LogP contribution in [0.25, 0.3) is 0 Å². The Balaban J connectivity index is 1.50. The Kier molecular flexibility index (Phi) is 3.48. The van der Waals surface area contributed by atoms with Crippen LogP contribution in [0.4, 0.5) is 0 Å². The number of hydrogen-bond acceptors (Lipinski definition) is 2. The molecule has 0 bridgehead atoms. The van der Waals surface area contributed by atoms with Crippen LogP contribution in [-0.2, 0) is 6.54 Å². The quantitative estimate of drug-likeness (QED) is 0.870. The maximum atomic E-state index is 3.65. The summed E-state index contributed by atoms with van der Waals surface area (Å²) in [6.07, 6.45) is 2.58. The smallest absolute Gasteiger partial charge is 0.0302 e. The third-order valence-electron chi connectivity index (χ3n) is 3.91. The number of aryl methyl sites for hydroxylation is 1. The van der Waals surface area contributed by atoms with Crippen molar-refractivity contribution in [2.75, 3.05) is 0 Å². The molecule has 0 unspecified atom stereocenters. The van der Waals surface area contributed by atoms with Gasteiger partial charge in [0.2, 0.25) is 0 Å². The average molecular weight is 257 g/mol. The molecule has 1 N–H and O–H groups in total. The molecule has 3 rings (SSSR count). The van der Waals surface area contributed by atoms with Gasteiger partial charge in [-0.1, -0.05) is 30.3 Å². The highest BCUT2D eigenvalue weighted by Gasteiger charge is 2.30. The van der Waals surface area contributed by atoms with Crippen molar-refractivity contribution >= 4 is 11.3 Å². The fraction of sp³-hybridized carbons (Fsp3) is 0.375. The monoisotopic (exact) mass is 257 g/mol. The van der Waals surface area contributed by atoms with Crippen LogP contribution in [0.1, 0.15) is 34.8 Å². The Morgan fingerprint density at radius 1 is 1.17 bits per heavy atom. The van der Waals surface area contributed by atoms with Crippen LogP contribution in [0.2, 0.25) is 0 Å². The maximum absolute atomic E-state index is 3.65. The molecule has 1 saturated carbocycles. The van der Waals surface area contributed by atoms with Gasteiger partial charge in [-0.3, -0.25) is 0 Å². The molecular weight excluding hydrogens is 238 g/mol. The second-order valence-electron chi connectivity index (χ2n) is 5.18. The highest BCUT2D eigenvalue weighted by Crippen LogP contribution is 2.38. The average Bonchev–Trinajstić information content (AvgIpc) is 2.82. The molecule has 94 valence electrons. The minimum absolute atomic E-state index is 0.705. The predicted octanol–water partition coefficient (Wildman–Crippen LogP) is 4.09. The Hall–Kier alpha value is -1.12. The summed E-state index contributed by atoms with van der Waals surface area (Å²) in [5.41, 5.74) is 2.99. The van der Waals surface area contributed by atoms with Gasteiger partial charge in [-0.2, -0.15) is 0 Å². The molecule has 0 atom stereocenters. The van der Waals surface area contributed by atoms with Crippen molar-refractivity contribution in [3.05, 3.63) is 57.8 Å². The van der Waals surface area contributed by atoms with Gasteiger partial charge in [0.05, 0.1) is 0 Å². The molecular formula is C16H19NS. The van der Waals surface area contributed by atoms with Gasteiger partial charge in [0.25, 0.3) is 0 Å². The van der Waals surface area contributed by atoms with Crippen LogP contribution in [-0.4, -0.2) is 6.04 Å². The molecule has 18 heavy (non-hydrogen) atoms. The molecule has 1 fully saturated rings. The van der Waals surface area contributed by atoms with E-state index in [0.29, 0.717) is 6.04 Å². The SMILES string of the molecule is Cc1ccccc1C1CC(NCc2cccs2)C1. The van der Waals surface area contributed by atoms with E-state index in [1.165, 1.54) is 23.3 Å². The van der Waals surface area contributed by atoms with Crippen molar-refractivity contribution in [1.29, 1.82) is 0 Å². The minimum atomic E-state index is 0.705. The third kappa shape index (κ3) is 2.50. The van der Waals surface area contributed by atoms with Crippen LogP contribution in [0.5, 0.6) is 0 Å². The lowest BCUT2D eigenvalue weighted by Crippen LogP contribution is -2.39. The highest BCUT2D eigenvalue weighted by molar-refractivity contribution is 7.09. The molecule has 1 aromatic heterocycles. The lowest BCUT2D eigenvalue weighted by molar-refractivity contribution is 0.289. The number of benzene rings is 1. The lowest BCUT2D eigenvalue weighted by atomic mass is 9.74.